The number of nitrogens with zero attached hydrogens (tertiary/aromatic N) is 1. The maximum absolute atomic E-state index is 14.0. The average molecular weight is 575 g/mol. The number of nitrogens with one attached hydrogen (secondary N) is 3. The highest BCUT2D eigenvalue weighted by molar-refractivity contribution is 7.92. The van der Waals surface area contributed by atoms with Gasteiger partial charge >= 0.3 is 0 Å². The number of aryl methyl sites for hydroxylation is 1. The number of aromatic nitrogens is 1. The Morgan fingerprint density at radius 2 is 1.76 bits per heavy atom. The fraction of sp³-hybridized carbons (Fsp3) is 0.290. The van der Waals surface area contributed by atoms with Crippen LogP contribution in [-0.2, 0) is 32.4 Å². The van der Waals surface area contributed by atoms with E-state index in [2.05, 4.69) is 15.6 Å². The molecule has 214 valence electrons. The fourth-order valence-electron chi connectivity index (χ4n) is 5.07. The topological polar surface area (TPSA) is 132 Å². The minimum atomic E-state index is -3.66. The van der Waals surface area contributed by atoms with E-state index in [1.165, 1.54) is 11.0 Å². The normalized spacial score (nSPS) is 16.8. The van der Waals surface area contributed by atoms with E-state index in [0.29, 0.717) is 41.6 Å². The van der Waals surface area contributed by atoms with Gasteiger partial charge in [0.05, 0.1) is 10.1 Å². The third-order valence-corrected chi connectivity index (χ3v) is 9.72. The molecule has 6 rings (SSSR count). The number of sulfone groups is 1. The summed E-state index contributed by atoms with van der Waals surface area (Å²) >= 11 is 0. The van der Waals surface area contributed by atoms with Gasteiger partial charge in [0.1, 0.15) is 6.04 Å². The zero-order valence-corrected chi connectivity index (χ0v) is 24.1. The van der Waals surface area contributed by atoms with E-state index in [1.807, 2.05) is 36.4 Å². The first kappa shape index (κ1) is 28.2. The van der Waals surface area contributed by atoms with Gasteiger partial charge in [-0.25, -0.2) is 8.42 Å². The predicted molar refractivity (Wildman–Crippen MR) is 160 cm³/mol. The number of aromatic amines is 1. The number of hydrogen-bond acceptors (Lipinski definition) is 6. The third kappa shape index (κ3) is 5.92. The van der Waals surface area contributed by atoms with Crippen LogP contribution < -0.4 is 10.6 Å². The molecule has 10 heteroatoms. The summed E-state index contributed by atoms with van der Waals surface area (Å²) in [6.07, 6.45) is 3.36. The minimum Gasteiger partial charge on any atom is -0.494 e. The van der Waals surface area contributed by atoms with E-state index >= 15 is 0 Å². The lowest BCUT2D eigenvalue weighted by Crippen LogP contribution is -2.35. The second-order valence-corrected chi connectivity index (χ2v) is 13.2. The van der Waals surface area contributed by atoms with Crippen LogP contribution in [0.1, 0.15) is 49.4 Å². The molecule has 0 unspecified atom stereocenters. The van der Waals surface area contributed by atoms with Crippen LogP contribution in [0.15, 0.2) is 71.8 Å². The second-order valence-electron chi connectivity index (χ2n) is 10.8. The van der Waals surface area contributed by atoms with Crippen molar-refractivity contribution in [2.24, 2.45) is 0 Å². The Bertz CT molecular complexity index is 1710. The number of aromatic hydroxyl groups is 1. The Kier molecular flexibility index (Phi) is 7.77. The molecule has 1 atom stereocenters. The summed E-state index contributed by atoms with van der Waals surface area (Å²) in [5.41, 5.74) is 3.34. The van der Waals surface area contributed by atoms with Gasteiger partial charge in [-0.2, -0.15) is 0 Å². The summed E-state index contributed by atoms with van der Waals surface area (Å²) in [5.74, 6) is -0.385. The monoisotopic (exact) mass is 574 g/mol. The van der Waals surface area contributed by atoms with E-state index in [4.69, 9.17) is 0 Å². The van der Waals surface area contributed by atoms with E-state index in [0.717, 1.165) is 16.5 Å². The number of carbonyl (C=O) groups is 2. The van der Waals surface area contributed by atoms with Crippen molar-refractivity contribution in [1.82, 2.24) is 9.88 Å². The first-order chi connectivity index (χ1) is 19.5. The van der Waals surface area contributed by atoms with Crippen molar-refractivity contribution in [3.8, 4) is 5.88 Å². The predicted octanol–water partition coefficient (Wildman–Crippen LogP) is 5.14. The van der Waals surface area contributed by atoms with Crippen molar-refractivity contribution < 1.29 is 23.1 Å². The smallest absolute Gasteiger partial charge is 0.249 e. The Balaban J connectivity index is 1.56. The van der Waals surface area contributed by atoms with Crippen molar-refractivity contribution in [3.63, 3.8) is 0 Å². The van der Waals surface area contributed by atoms with Crippen molar-refractivity contribution in [3.05, 3.63) is 83.6 Å². The molecular weight excluding hydrogens is 540 g/mol. The van der Waals surface area contributed by atoms with Gasteiger partial charge in [0.25, 0.3) is 0 Å². The Morgan fingerprint density at radius 1 is 1.00 bits per heavy atom. The number of fused-ring (bicyclic) bond motifs is 10. The molecule has 4 N–H and O–H groups in total. The van der Waals surface area contributed by atoms with Crippen LogP contribution in [0.3, 0.4) is 0 Å². The molecule has 41 heavy (non-hydrogen) atoms. The van der Waals surface area contributed by atoms with Crippen molar-refractivity contribution in [2.45, 2.75) is 55.8 Å². The maximum Gasteiger partial charge on any atom is 0.249 e. The van der Waals surface area contributed by atoms with Crippen LogP contribution >= 0.6 is 0 Å². The molecule has 0 saturated heterocycles. The molecule has 4 bridgehead atoms. The van der Waals surface area contributed by atoms with E-state index in [9.17, 15) is 23.1 Å². The molecule has 3 aromatic carbocycles. The molecule has 0 radical (unpaired) electrons. The summed E-state index contributed by atoms with van der Waals surface area (Å²) < 4.78 is 26.5. The Morgan fingerprint density at radius 3 is 2.49 bits per heavy atom. The van der Waals surface area contributed by atoms with Gasteiger partial charge in [-0.15, -0.1) is 0 Å². The molecule has 2 amide bonds. The van der Waals surface area contributed by atoms with Gasteiger partial charge in [0.2, 0.25) is 11.8 Å². The number of hydrogen-bond donors (Lipinski definition) is 4. The lowest BCUT2D eigenvalue weighted by atomic mass is 10.00. The van der Waals surface area contributed by atoms with E-state index in [-0.39, 0.29) is 29.1 Å². The fourth-order valence-corrected chi connectivity index (χ4v) is 6.33. The Hall–Kier alpha value is -4.31. The van der Waals surface area contributed by atoms with Crippen molar-refractivity contribution in [2.75, 3.05) is 17.7 Å². The zero-order valence-electron chi connectivity index (χ0n) is 23.3. The van der Waals surface area contributed by atoms with Gasteiger partial charge in [0, 0.05) is 48.4 Å². The van der Waals surface area contributed by atoms with Crippen LogP contribution in [0.25, 0.3) is 10.8 Å². The van der Waals surface area contributed by atoms with Gasteiger partial charge < -0.3 is 25.6 Å². The van der Waals surface area contributed by atoms with Crippen molar-refractivity contribution >= 4 is 43.8 Å². The third-order valence-electron chi connectivity index (χ3n) is 7.47. The first-order valence-electron chi connectivity index (χ1n) is 13.6. The largest absolute Gasteiger partial charge is 0.494 e. The van der Waals surface area contributed by atoms with E-state index in [1.54, 1.807) is 45.3 Å². The summed E-state index contributed by atoms with van der Waals surface area (Å²) in [6, 6.07) is 17.1. The highest BCUT2D eigenvalue weighted by Crippen LogP contribution is 2.31. The van der Waals surface area contributed by atoms with Crippen molar-refractivity contribution in [1.29, 1.82) is 0 Å². The minimum absolute atomic E-state index is 0.0116. The molecular formula is C31H34N4O5S. The van der Waals surface area contributed by atoms with Crippen LogP contribution in [-0.4, -0.2) is 47.5 Å². The van der Waals surface area contributed by atoms with Crippen LogP contribution in [0.4, 0.5) is 11.4 Å². The number of likely N-dealkylation sites (N-methyl/N-ethyl adjacent to an activating group) is 1. The van der Waals surface area contributed by atoms with Gasteiger partial charge in [-0.05, 0) is 73.7 Å². The highest BCUT2D eigenvalue weighted by Gasteiger charge is 2.28. The molecule has 9 nitrogen and oxygen atoms in total. The van der Waals surface area contributed by atoms with Crippen LogP contribution in [0.5, 0.6) is 5.88 Å². The average Bonchev–Trinajstić information content (AvgIpc) is 3.31. The summed E-state index contributed by atoms with van der Waals surface area (Å²) in [4.78, 5) is 31.1. The number of amides is 2. The molecule has 2 aliphatic rings. The number of carbonyl (C=O) groups excluding carboxylic acids is 2. The van der Waals surface area contributed by atoms with Gasteiger partial charge in [-0.1, -0.05) is 30.3 Å². The van der Waals surface area contributed by atoms with E-state index < -0.39 is 21.1 Å². The molecule has 2 aliphatic heterocycles. The lowest BCUT2D eigenvalue weighted by molar-refractivity contribution is -0.131. The highest BCUT2D eigenvalue weighted by atomic mass is 32.2. The molecule has 4 aromatic rings. The first-order valence-corrected chi connectivity index (χ1v) is 15.1. The molecule has 0 spiro atoms. The summed E-state index contributed by atoms with van der Waals surface area (Å²) in [5, 5.41) is 17.2. The lowest BCUT2D eigenvalue weighted by Gasteiger charge is -2.27. The van der Waals surface area contributed by atoms with Crippen LogP contribution in [0, 0.1) is 0 Å². The Labute approximate surface area is 239 Å². The molecule has 1 aromatic heterocycles. The number of anilines is 2. The molecule has 0 saturated carbocycles. The van der Waals surface area contributed by atoms with Crippen LogP contribution in [0.2, 0.25) is 0 Å². The summed E-state index contributed by atoms with van der Waals surface area (Å²) in [7, 11) is -2.03. The molecule has 0 aliphatic carbocycles. The SMILES string of the molecule is CC(C)S(=O)(=O)c1ccc2cc1CN(C)C(=O)[C@H](Nc1ccc3c[nH]c(O)c3c1)c1ccc(cc1)CCCC(=O)N2. The zero-order chi connectivity index (χ0) is 29.3. The number of rotatable bonds is 4. The van der Waals surface area contributed by atoms with Gasteiger partial charge in [0.15, 0.2) is 15.7 Å². The quantitative estimate of drug-likeness (QED) is 0.267. The number of H-pyrrole nitrogens is 1. The van der Waals surface area contributed by atoms with Gasteiger partial charge in [-0.3, -0.25) is 9.59 Å². The summed E-state index contributed by atoms with van der Waals surface area (Å²) in [6.45, 7) is 3.24. The second kappa shape index (κ2) is 11.3. The maximum atomic E-state index is 14.0. The number of benzene rings is 3. The standard InChI is InChI=1S/C31H34N4O5S/c1-19(2)41(39,40)27-14-13-24-15-23(27)18-35(3)31(38)29(34-25-12-11-22-17-32-30(37)26(22)16-25)21-9-7-20(8-10-21)5-4-6-28(36)33-24/h7-17,19,29,32,34,37H,4-6,18H2,1-3H3,(H,33,36)/t29-/m1/s1. The molecule has 3 heterocycles. The molecule has 0 fully saturated rings.